The Morgan fingerprint density at radius 2 is 1.87 bits per heavy atom. The van der Waals surface area contributed by atoms with Crippen LogP contribution in [0.5, 0.6) is 0 Å². The smallest absolute Gasteiger partial charge is 0.351 e. The summed E-state index contributed by atoms with van der Waals surface area (Å²) in [5, 5.41) is 3.30. The summed E-state index contributed by atoms with van der Waals surface area (Å²) in [7, 11) is -0.967. The summed E-state index contributed by atoms with van der Waals surface area (Å²) in [5.74, 6) is 0.00757. The van der Waals surface area contributed by atoms with E-state index in [1.165, 1.54) is 0 Å². The minimum absolute atomic E-state index is 0.00757. The molecule has 2 aromatic rings. The lowest BCUT2D eigenvalue weighted by molar-refractivity contribution is -0.137. The summed E-state index contributed by atoms with van der Waals surface area (Å²) in [6, 6.07) is -0.0755. The van der Waals surface area contributed by atoms with Crippen molar-refractivity contribution >= 4 is 16.9 Å². The molecule has 4 rings (SSSR count). The van der Waals surface area contributed by atoms with Crippen LogP contribution >= 0.6 is 0 Å². The molecular weight excluding hydrogens is 443 g/mol. The van der Waals surface area contributed by atoms with Crippen LogP contribution in [0.25, 0.3) is 11.4 Å². The molecule has 13 heteroatoms. The standard InChI is InChI=1S/C18H21F5N6OS/c19-15(20)9-28-8-14(25-10-28)16-13(18(21,22)23)7-24-17(27-16)26-11-3-5-29(6-4-11)31(30)12-1-2-12/h7-8,10-12,15H,1-6,9H2,(H,24,26,27). The van der Waals surface area contributed by atoms with Gasteiger partial charge in [0.2, 0.25) is 5.95 Å². The van der Waals surface area contributed by atoms with E-state index in [1.54, 1.807) is 0 Å². The molecule has 1 unspecified atom stereocenters. The molecule has 1 atom stereocenters. The lowest BCUT2D eigenvalue weighted by atomic mass is 10.1. The summed E-state index contributed by atoms with van der Waals surface area (Å²) in [6.45, 7) is 0.559. The maximum Gasteiger partial charge on any atom is 0.420 e. The van der Waals surface area contributed by atoms with Crippen molar-refractivity contribution in [1.82, 2.24) is 23.8 Å². The monoisotopic (exact) mass is 464 g/mol. The van der Waals surface area contributed by atoms with Crippen molar-refractivity contribution in [3.05, 3.63) is 24.3 Å². The number of alkyl halides is 5. The summed E-state index contributed by atoms with van der Waals surface area (Å²) in [6.07, 6.45) is -1.27. The number of hydrogen-bond acceptors (Lipinski definition) is 5. The molecule has 1 N–H and O–H groups in total. The Balaban J connectivity index is 1.49. The highest BCUT2D eigenvalue weighted by Crippen LogP contribution is 2.36. The number of imidazole rings is 1. The number of rotatable bonds is 7. The van der Waals surface area contributed by atoms with Gasteiger partial charge in [0.05, 0.1) is 23.9 Å². The van der Waals surface area contributed by atoms with Crippen LogP contribution in [0, 0.1) is 0 Å². The zero-order valence-electron chi connectivity index (χ0n) is 16.4. The second kappa shape index (κ2) is 8.77. The fraction of sp³-hybridized carbons (Fsp3) is 0.611. The third-order valence-electron chi connectivity index (χ3n) is 5.17. The quantitative estimate of drug-likeness (QED) is 0.637. The summed E-state index contributed by atoms with van der Waals surface area (Å²) in [4.78, 5) is 11.6. The number of nitrogens with zero attached hydrogens (tertiary/aromatic N) is 5. The average Bonchev–Trinajstić information content (AvgIpc) is 3.46. The van der Waals surface area contributed by atoms with E-state index < -0.39 is 41.4 Å². The molecule has 1 saturated carbocycles. The molecule has 170 valence electrons. The van der Waals surface area contributed by atoms with Crippen molar-refractivity contribution in [2.24, 2.45) is 0 Å². The normalized spacial score (nSPS) is 19.7. The maximum absolute atomic E-state index is 13.4. The first-order chi connectivity index (χ1) is 14.7. The van der Waals surface area contributed by atoms with E-state index in [1.807, 2.05) is 4.31 Å². The highest BCUT2D eigenvalue weighted by atomic mass is 32.2. The molecule has 2 aromatic heterocycles. The molecule has 0 radical (unpaired) electrons. The van der Waals surface area contributed by atoms with Gasteiger partial charge >= 0.3 is 6.18 Å². The topological polar surface area (TPSA) is 75.9 Å². The molecule has 2 aliphatic rings. The Labute approximate surface area is 177 Å². The van der Waals surface area contributed by atoms with Gasteiger partial charge in [0.25, 0.3) is 6.43 Å². The number of aromatic nitrogens is 4. The Kier molecular flexibility index (Phi) is 6.24. The van der Waals surface area contributed by atoms with Crippen LogP contribution in [-0.4, -0.2) is 58.8 Å². The second-order valence-electron chi connectivity index (χ2n) is 7.62. The minimum Gasteiger partial charge on any atom is -0.351 e. The van der Waals surface area contributed by atoms with Crippen molar-refractivity contribution in [3.8, 4) is 11.4 Å². The third-order valence-corrected chi connectivity index (χ3v) is 7.09. The van der Waals surface area contributed by atoms with Gasteiger partial charge in [-0.2, -0.15) is 13.2 Å². The molecule has 0 bridgehead atoms. The Morgan fingerprint density at radius 1 is 1.16 bits per heavy atom. The lowest BCUT2D eigenvalue weighted by Crippen LogP contribution is -2.41. The van der Waals surface area contributed by atoms with Crippen LogP contribution in [0.3, 0.4) is 0 Å². The average molecular weight is 464 g/mol. The third kappa shape index (κ3) is 5.37. The first-order valence-corrected chi connectivity index (χ1v) is 11.0. The minimum atomic E-state index is -4.72. The predicted molar refractivity (Wildman–Crippen MR) is 104 cm³/mol. The van der Waals surface area contributed by atoms with Crippen molar-refractivity contribution in [1.29, 1.82) is 0 Å². The molecule has 1 saturated heterocycles. The molecule has 31 heavy (non-hydrogen) atoms. The summed E-state index contributed by atoms with van der Waals surface area (Å²) >= 11 is 0. The van der Waals surface area contributed by atoms with E-state index >= 15 is 0 Å². The van der Waals surface area contributed by atoms with Crippen molar-refractivity contribution in [2.45, 2.75) is 56.1 Å². The molecule has 0 amide bonds. The molecule has 3 heterocycles. The Bertz CT molecular complexity index is 940. The molecule has 2 fully saturated rings. The Hall–Kier alpha value is -2.15. The van der Waals surface area contributed by atoms with E-state index in [0.717, 1.165) is 29.9 Å². The molecule has 1 aliphatic carbocycles. The predicted octanol–water partition coefficient (Wildman–Crippen LogP) is 3.33. The number of anilines is 1. The summed E-state index contributed by atoms with van der Waals surface area (Å²) in [5.41, 5.74) is -1.71. The van der Waals surface area contributed by atoms with Gasteiger partial charge in [-0.1, -0.05) is 0 Å². The van der Waals surface area contributed by atoms with E-state index in [0.29, 0.717) is 32.1 Å². The van der Waals surface area contributed by atoms with Crippen LogP contribution in [0.1, 0.15) is 31.2 Å². The van der Waals surface area contributed by atoms with E-state index in [2.05, 4.69) is 20.3 Å². The van der Waals surface area contributed by atoms with Crippen molar-refractivity contribution in [3.63, 3.8) is 0 Å². The molecule has 7 nitrogen and oxygen atoms in total. The first-order valence-electron chi connectivity index (χ1n) is 9.87. The summed E-state index contributed by atoms with van der Waals surface area (Å²) < 4.78 is 80.7. The first kappa shape index (κ1) is 22.1. The van der Waals surface area contributed by atoms with Crippen LogP contribution in [0.2, 0.25) is 0 Å². The van der Waals surface area contributed by atoms with Gasteiger partial charge in [-0.3, -0.25) is 0 Å². The van der Waals surface area contributed by atoms with Crippen LogP contribution in [0.15, 0.2) is 18.7 Å². The van der Waals surface area contributed by atoms with Gasteiger partial charge in [-0.05, 0) is 25.7 Å². The second-order valence-corrected chi connectivity index (χ2v) is 9.36. The molecule has 0 spiro atoms. The molecule has 1 aliphatic heterocycles. The maximum atomic E-state index is 13.4. The zero-order valence-corrected chi connectivity index (χ0v) is 17.2. The molecule has 0 aromatic carbocycles. The van der Waals surface area contributed by atoms with Gasteiger partial charge in [0.1, 0.15) is 17.0 Å². The van der Waals surface area contributed by atoms with E-state index in [9.17, 15) is 26.2 Å². The highest BCUT2D eigenvalue weighted by molar-refractivity contribution is 7.83. The van der Waals surface area contributed by atoms with Gasteiger partial charge < -0.3 is 9.88 Å². The van der Waals surface area contributed by atoms with Crippen LogP contribution in [0.4, 0.5) is 27.9 Å². The number of halogens is 5. The van der Waals surface area contributed by atoms with Gasteiger partial charge in [0.15, 0.2) is 0 Å². The van der Waals surface area contributed by atoms with Crippen molar-refractivity contribution < 1.29 is 26.2 Å². The zero-order chi connectivity index (χ0) is 22.2. The lowest BCUT2D eigenvalue weighted by Gasteiger charge is -2.31. The van der Waals surface area contributed by atoms with Crippen LogP contribution in [-0.2, 0) is 23.7 Å². The van der Waals surface area contributed by atoms with E-state index in [-0.39, 0.29) is 22.9 Å². The fourth-order valence-electron chi connectivity index (χ4n) is 3.44. The number of hydrogen-bond donors (Lipinski definition) is 1. The highest BCUT2D eigenvalue weighted by Gasteiger charge is 2.37. The SMILES string of the molecule is O=S(C1CC1)N1CCC(Nc2ncc(C(F)(F)F)c(-c3cn(CC(F)F)cn3)n2)CC1. The Morgan fingerprint density at radius 3 is 2.48 bits per heavy atom. The van der Waals surface area contributed by atoms with Gasteiger partial charge in [0, 0.05) is 36.8 Å². The largest absolute Gasteiger partial charge is 0.420 e. The van der Waals surface area contributed by atoms with Crippen LogP contribution < -0.4 is 5.32 Å². The van der Waals surface area contributed by atoms with Gasteiger partial charge in [-0.25, -0.2) is 32.2 Å². The number of piperidine rings is 1. The molecular formula is C18H21F5N6OS. The van der Waals surface area contributed by atoms with E-state index in [4.69, 9.17) is 0 Å². The van der Waals surface area contributed by atoms with Gasteiger partial charge in [-0.15, -0.1) is 0 Å². The fourth-order valence-corrected chi connectivity index (χ4v) is 4.97. The van der Waals surface area contributed by atoms with Crippen molar-refractivity contribution in [2.75, 3.05) is 18.4 Å². The number of nitrogens with one attached hydrogen (secondary N) is 1.